The minimum atomic E-state index is -1.13. The summed E-state index contributed by atoms with van der Waals surface area (Å²) < 4.78 is 5.38. The van der Waals surface area contributed by atoms with Gasteiger partial charge in [0.25, 0.3) is 5.91 Å². The van der Waals surface area contributed by atoms with E-state index in [0.717, 1.165) is 33.4 Å². The highest BCUT2D eigenvalue weighted by Gasteiger charge is 2.25. The maximum Gasteiger partial charge on any atom is 0.337 e. The third kappa shape index (κ3) is 6.07. The zero-order chi connectivity index (χ0) is 31.3. The molecule has 0 spiro atoms. The van der Waals surface area contributed by atoms with E-state index in [-0.39, 0.29) is 11.3 Å². The lowest BCUT2D eigenvalue weighted by molar-refractivity contribution is 0.0696. The molecule has 0 unspecified atom stereocenters. The molecule has 0 saturated carbocycles. The number of aromatic carboxylic acids is 1. The number of nitrogens with zero attached hydrogens (tertiary/aromatic N) is 3. The number of ether oxygens (including phenoxy) is 1. The third-order valence-electron chi connectivity index (χ3n) is 7.65. The zero-order valence-electron chi connectivity index (χ0n) is 24.6. The summed E-state index contributed by atoms with van der Waals surface area (Å²) in [6.45, 7) is 0.962. The Kier molecular flexibility index (Phi) is 8.20. The number of benzene rings is 4. The van der Waals surface area contributed by atoms with Gasteiger partial charge < -0.3 is 20.5 Å². The first-order chi connectivity index (χ1) is 21.9. The lowest BCUT2D eigenvalue weighted by Crippen LogP contribution is -2.26. The molecule has 45 heavy (non-hydrogen) atoms. The van der Waals surface area contributed by atoms with Crippen molar-refractivity contribution in [1.82, 2.24) is 9.97 Å². The molecule has 8 nitrogen and oxygen atoms in total. The Morgan fingerprint density at radius 3 is 2.11 bits per heavy atom. The molecule has 0 saturated heterocycles. The molecule has 2 aromatic heterocycles. The quantitative estimate of drug-likeness (QED) is 0.176. The monoisotopic (exact) mass is 594 g/mol. The number of hydrogen-bond donors (Lipinski definition) is 2. The van der Waals surface area contributed by atoms with Crippen LogP contribution in [0.5, 0.6) is 5.75 Å². The van der Waals surface area contributed by atoms with Crippen molar-refractivity contribution in [2.75, 3.05) is 12.0 Å². The van der Waals surface area contributed by atoms with Gasteiger partial charge >= 0.3 is 5.97 Å². The van der Waals surface area contributed by atoms with Crippen LogP contribution in [0.3, 0.4) is 0 Å². The summed E-state index contributed by atoms with van der Waals surface area (Å²) in [5.74, 6) is -0.537. The van der Waals surface area contributed by atoms with Crippen molar-refractivity contribution in [2.24, 2.45) is 5.73 Å². The van der Waals surface area contributed by atoms with Crippen molar-refractivity contribution in [3.63, 3.8) is 0 Å². The minimum Gasteiger partial charge on any atom is -0.497 e. The predicted molar refractivity (Wildman–Crippen MR) is 175 cm³/mol. The normalized spacial score (nSPS) is 10.9. The Morgan fingerprint density at radius 1 is 0.800 bits per heavy atom. The van der Waals surface area contributed by atoms with Crippen molar-refractivity contribution in [3.8, 4) is 28.0 Å². The van der Waals surface area contributed by atoms with Crippen LogP contribution in [0.15, 0.2) is 122 Å². The number of fused-ring (bicyclic) bond motifs is 1. The Bertz CT molecular complexity index is 2000. The van der Waals surface area contributed by atoms with Gasteiger partial charge in [-0.1, -0.05) is 91.0 Å². The summed E-state index contributed by atoms with van der Waals surface area (Å²) >= 11 is 0. The first-order valence-electron chi connectivity index (χ1n) is 14.4. The van der Waals surface area contributed by atoms with Gasteiger partial charge in [-0.05, 0) is 45.8 Å². The average molecular weight is 595 g/mol. The van der Waals surface area contributed by atoms with Crippen molar-refractivity contribution < 1.29 is 19.4 Å². The van der Waals surface area contributed by atoms with Gasteiger partial charge in [-0.25, -0.2) is 9.78 Å². The van der Waals surface area contributed by atoms with E-state index in [9.17, 15) is 14.7 Å². The summed E-state index contributed by atoms with van der Waals surface area (Å²) in [6.07, 6.45) is 2.80. The molecule has 4 aromatic carbocycles. The number of carboxylic acids is 1. The van der Waals surface area contributed by atoms with Crippen molar-refractivity contribution in [3.05, 3.63) is 144 Å². The number of pyridine rings is 2. The van der Waals surface area contributed by atoms with Crippen LogP contribution in [0, 0.1) is 0 Å². The molecule has 2 heterocycles. The molecule has 6 aromatic rings. The second-order valence-electron chi connectivity index (χ2n) is 10.6. The molecule has 8 heteroatoms. The molecule has 6 rings (SSSR count). The molecule has 0 aliphatic carbocycles. The van der Waals surface area contributed by atoms with Gasteiger partial charge in [-0.3, -0.25) is 9.78 Å². The number of methoxy groups -OCH3 is 1. The second kappa shape index (κ2) is 12.7. The number of carbonyl (C=O) groups is 2. The van der Waals surface area contributed by atoms with E-state index in [4.69, 9.17) is 15.5 Å². The van der Waals surface area contributed by atoms with Crippen LogP contribution in [0.25, 0.3) is 33.0 Å². The van der Waals surface area contributed by atoms with Gasteiger partial charge in [0.1, 0.15) is 17.3 Å². The Morgan fingerprint density at radius 2 is 1.47 bits per heavy atom. The summed E-state index contributed by atoms with van der Waals surface area (Å²) in [4.78, 5) is 36.4. The lowest BCUT2D eigenvalue weighted by Gasteiger charge is -2.28. The van der Waals surface area contributed by atoms with Gasteiger partial charge in [0.05, 0.1) is 12.7 Å². The van der Waals surface area contributed by atoms with Crippen LogP contribution >= 0.6 is 0 Å². The van der Waals surface area contributed by atoms with Gasteiger partial charge in [0.2, 0.25) is 0 Å². The molecule has 0 fully saturated rings. The SMILES string of the molecule is COc1ccc(CN(Cc2ccccc2)c2nc(C(N)=O)c(-c3cncc(C(=O)O)c3)c3cccc(-c4ccccc4)c23)cc1. The number of aromatic nitrogens is 2. The van der Waals surface area contributed by atoms with E-state index >= 15 is 0 Å². The van der Waals surface area contributed by atoms with E-state index in [1.165, 1.54) is 18.5 Å². The standard InChI is InChI=1S/C37H30N4O4/c1-45-29-17-15-25(16-18-29)23-41(22-24-9-4-2-5-10-24)36-33-30(26-11-6-3-7-12-26)13-8-14-31(33)32(34(40-36)35(38)42)27-19-28(37(43)44)21-39-20-27/h2-21H,22-23H2,1H3,(H2,38,42)(H,43,44). The number of amides is 1. The zero-order valence-corrected chi connectivity index (χ0v) is 24.6. The van der Waals surface area contributed by atoms with Gasteiger partial charge in [0, 0.05) is 42.0 Å². The van der Waals surface area contributed by atoms with E-state index in [0.29, 0.717) is 35.4 Å². The highest BCUT2D eigenvalue weighted by atomic mass is 16.5. The number of hydrogen-bond acceptors (Lipinski definition) is 6. The van der Waals surface area contributed by atoms with Crippen LogP contribution in [0.2, 0.25) is 0 Å². The fraction of sp³-hybridized carbons (Fsp3) is 0.0811. The summed E-state index contributed by atoms with van der Waals surface area (Å²) in [7, 11) is 1.63. The van der Waals surface area contributed by atoms with Crippen molar-refractivity contribution >= 4 is 28.5 Å². The molecule has 0 aliphatic rings. The van der Waals surface area contributed by atoms with E-state index in [1.54, 1.807) is 7.11 Å². The minimum absolute atomic E-state index is 0.00966. The Balaban J connectivity index is 1.67. The van der Waals surface area contributed by atoms with Crippen LogP contribution in [0.4, 0.5) is 5.82 Å². The number of primary amides is 1. The molecule has 0 aliphatic heterocycles. The largest absolute Gasteiger partial charge is 0.497 e. The summed E-state index contributed by atoms with van der Waals surface area (Å²) in [6, 6.07) is 35.2. The molecular formula is C37H30N4O4. The molecule has 0 bridgehead atoms. The molecule has 0 radical (unpaired) electrons. The Hall–Kier alpha value is -6.02. The predicted octanol–water partition coefficient (Wildman–Crippen LogP) is 6.98. The third-order valence-corrected chi connectivity index (χ3v) is 7.65. The van der Waals surface area contributed by atoms with Crippen LogP contribution in [-0.4, -0.2) is 34.1 Å². The first-order valence-corrected chi connectivity index (χ1v) is 14.4. The summed E-state index contributed by atoms with van der Waals surface area (Å²) in [5, 5.41) is 11.2. The first kappa shape index (κ1) is 29.1. The molecule has 0 atom stereocenters. The smallest absolute Gasteiger partial charge is 0.337 e. The highest BCUT2D eigenvalue weighted by Crippen LogP contribution is 2.42. The van der Waals surface area contributed by atoms with Gasteiger partial charge in [0.15, 0.2) is 0 Å². The molecule has 3 N–H and O–H groups in total. The average Bonchev–Trinajstić information content (AvgIpc) is 3.08. The molecule has 222 valence electrons. The van der Waals surface area contributed by atoms with Crippen molar-refractivity contribution in [1.29, 1.82) is 0 Å². The fourth-order valence-electron chi connectivity index (χ4n) is 5.56. The molecular weight excluding hydrogens is 564 g/mol. The second-order valence-corrected chi connectivity index (χ2v) is 10.6. The number of carbonyl (C=O) groups excluding carboxylic acids is 1. The van der Waals surface area contributed by atoms with E-state index in [1.807, 2.05) is 103 Å². The summed E-state index contributed by atoms with van der Waals surface area (Å²) in [5.41, 5.74) is 10.8. The van der Waals surface area contributed by atoms with E-state index in [2.05, 4.69) is 9.88 Å². The van der Waals surface area contributed by atoms with Gasteiger partial charge in [-0.15, -0.1) is 0 Å². The number of nitrogens with two attached hydrogens (primary N) is 1. The maximum absolute atomic E-state index is 13.2. The number of anilines is 1. The fourth-order valence-corrected chi connectivity index (χ4v) is 5.56. The van der Waals surface area contributed by atoms with E-state index < -0.39 is 11.9 Å². The van der Waals surface area contributed by atoms with Gasteiger partial charge in [-0.2, -0.15) is 0 Å². The number of carboxylic acid groups (broad SMARTS) is 1. The van der Waals surface area contributed by atoms with Crippen molar-refractivity contribution in [2.45, 2.75) is 13.1 Å². The Labute approximate surface area is 260 Å². The topological polar surface area (TPSA) is 119 Å². The lowest BCUT2D eigenvalue weighted by atomic mass is 9.91. The number of rotatable bonds is 10. The van der Waals surface area contributed by atoms with Crippen LogP contribution in [-0.2, 0) is 13.1 Å². The molecule has 1 amide bonds. The van der Waals surface area contributed by atoms with Crippen LogP contribution < -0.4 is 15.4 Å². The highest BCUT2D eigenvalue weighted by molar-refractivity contribution is 6.15. The maximum atomic E-state index is 13.2. The van der Waals surface area contributed by atoms with Crippen LogP contribution in [0.1, 0.15) is 32.0 Å².